The molecule has 21 heavy (non-hydrogen) atoms. The summed E-state index contributed by atoms with van der Waals surface area (Å²) in [7, 11) is 0. The lowest BCUT2D eigenvalue weighted by Crippen LogP contribution is -2.22. The molecule has 1 heterocycles. The zero-order valence-corrected chi connectivity index (χ0v) is 11.1. The summed E-state index contributed by atoms with van der Waals surface area (Å²) in [4.78, 5) is 22.8. The Hall–Kier alpha value is -2.31. The lowest BCUT2D eigenvalue weighted by Gasteiger charge is -2.16. The summed E-state index contributed by atoms with van der Waals surface area (Å²) in [6.07, 6.45) is -4.26. The van der Waals surface area contributed by atoms with E-state index >= 15 is 0 Å². The molecule has 2 rings (SSSR count). The largest absolute Gasteiger partial charge is 0.478 e. The Labute approximate surface area is 117 Å². The standard InChI is InChI=1S/C14H12F3NO3/c1-2-5-18-11(19)4-3-8-6-9(13(20)21)7-10(12(8)18)14(15,16)17/h3-4,6-7H,2,5H2,1H3,(H,20,21). The predicted molar refractivity (Wildman–Crippen MR) is 70.5 cm³/mol. The Morgan fingerprint density at radius 1 is 1.29 bits per heavy atom. The fraction of sp³-hybridized carbons (Fsp3) is 0.286. The van der Waals surface area contributed by atoms with Gasteiger partial charge in [-0.1, -0.05) is 6.92 Å². The minimum Gasteiger partial charge on any atom is -0.478 e. The number of aromatic carboxylic acids is 1. The van der Waals surface area contributed by atoms with Gasteiger partial charge in [0.05, 0.1) is 16.6 Å². The van der Waals surface area contributed by atoms with Crippen molar-refractivity contribution in [3.05, 3.63) is 45.7 Å². The first-order valence-electron chi connectivity index (χ1n) is 6.23. The highest BCUT2D eigenvalue weighted by Crippen LogP contribution is 2.35. The maximum Gasteiger partial charge on any atom is 0.418 e. The van der Waals surface area contributed by atoms with Gasteiger partial charge in [0.25, 0.3) is 5.56 Å². The van der Waals surface area contributed by atoms with Crippen molar-refractivity contribution in [1.82, 2.24) is 4.57 Å². The summed E-state index contributed by atoms with van der Waals surface area (Å²) in [6.45, 7) is 1.87. The normalized spacial score (nSPS) is 11.8. The maximum absolute atomic E-state index is 13.2. The van der Waals surface area contributed by atoms with Crippen molar-refractivity contribution < 1.29 is 23.1 Å². The maximum atomic E-state index is 13.2. The molecule has 0 saturated heterocycles. The van der Waals surface area contributed by atoms with Gasteiger partial charge in [-0.05, 0) is 30.0 Å². The van der Waals surface area contributed by atoms with E-state index < -0.39 is 28.8 Å². The number of carbonyl (C=O) groups is 1. The summed E-state index contributed by atoms with van der Waals surface area (Å²) >= 11 is 0. The van der Waals surface area contributed by atoms with E-state index in [9.17, 15) is 22.8 Å². The monoisotopic (exact) mass is 299 g/mol. The molecule has 0 unspecified atom stereocenters. The highest BCUT2D eigenvalue weighted by atomic mass is 19.4. The fourth-order valence-electron chi connectivity index (χ4n) is 2.23. The number of hydrogen-bond acceptors (Lipinski definition) is 2. The topological polar surface area (TPSA) is 59.3 Å². The molecule has 0 saturated carbocycles. The van der Waals surface area contributed by atoms with Gasteiger partial charge in [0, 0.05) is 12.6 Å². The van der Waals surface area contributed by atoms with Crippen LogP contribution >= 0.6 is 0 Å². The zero-order chi connectivity index (χ0) is 15.8. The third-order valence-corrected chi connectivity index (χ3v) is 3.08. The van der Waals surface area contributed by atoms with Crippen molar-refractivity contribution in [1.29, 1.82) is 0 Å². The Morgan fingerprint density at radius 2 is 1.95 bits per heavy atom. The van der Waals surface area contributed by atoms with Crippen LogP contribution in [0, 0.1) is 0 Å². The van der Waals surface area contributed by atoms with E-state index in [1.807, 2.05) is 0 Å². The van der Waals surface area contributed by atoms with Gasteiger partial charge in [0.1, 0.15) is 0 Å². The smallest absolute Gasteiger partial charge is 0.418 e. The van der Waals surface area contributed by atoms with E-state index in [1.165, 1.54) is 6.07 Å². The van der Waals surface area contributed by atoms with Crippen LogP contribution in [0.4, 0.5) is 13.2 Å². The van der Waals surface area contributed by atoms with Gasteiger partial charge in [-0.15, -0.1) is 0 Å². The van der Waals surface area contributed by atoms with Crippen molar-refractivity contribution in [2.75, 3.05) is 0 Å². The van der Waals surface area contributed by atoms with Crippen LogP contribution in [0.5, 0.6) is 0 Å². The molecule has 112 valence electrons. The molecule has 0 radical (unpaired) electrons. The fourth-order valence-corrected chi connectivity index (χ4v) is 2.23. The van der Waals surface area contributed by atoms with Gasteiger partial charge < -0.3 is 9.67 Å². The molecule has 0 atom stereocenters. The molecule has 0 aliphatic rings. The average Bonchev–Trinajstić information content (AvgIpc) is 2.39. The van der Waals surface area contributed by atoms with Crippen molar-refractivity contribution >= 4 is 16.9 Å². The Morgan fingerprint density at radius 3 is 2.48 bits per heavy atom. The molecule has 7 heteroatoms. The SMILES string of the molecule is CCCn1c(=O)ccc2cc(C(=O)O)cc(C(F)(F)F)c21. The number of halogens is 3. The van der Waals surface area contributed by atoms with E-state index in [1.54, 1.807) is 6.92 Å². The Bertz CT molecular complexity index is 762. The van der Waals surface area contributed by atoms with E-state index in [0.29, 0.717) is 12.5 Å². The van der Waals surface area contributed by atoms with Crippen LogP contribution in [0.2, 0.25) is 0 Å². The molecule has 0 spiro atoms. The third kappa shape index (κ3) is 2.76. The van der Waals surface area contributed by atoms with Gasteiger partial charge in [-0.2, -0.15) is 13.2 Å². The number of benzene rings is 1. The van der Waals surface area contributed by atoms with Crippen LogP contribution in [-0.4, -0.2) is 15.6 Å². The van der Waals surface area contributed by atoms with E-state index in [2.05, 4.69) is 0 Å². The summed E-state index contributed by atoms with van der Waals surface area (Å²) in [5, 5.41) is 9.00. The van der Waals surface area contributed by atoms with Gasteiger partial charge >= 0.3 is 12.1 Å². The first kappa shape index (κ1) is 15.1. The van der Waals surface area contributed by atoms with Gasteiger partial charge in [-0.3, -0.25) is 4.79 Å². The second-order valence-corrected chi connectivity index (χ2v) is 4.59. The second-order valence-electron chi connectivity index (χ2n) is 4.59. The quantitative estimate of drug-likeness (QED) is 0.947. The molecule has 1 N–H and O–H groups in total. The number of alkyl halides is 3. The molecule has 4 nitrogen and oxygen atoms in total. The van der Waals surface area contributed by atoms with Crippen LogP contribution in [-0.2, 0) is 12.7 Å². The Kier molecular flexibility index (Phi) is 3.76. The van der Waals surface area contributed by atoms with Crippen LogP contribution < -0.4 is 5.56 Å². The summed E-state index contributed by atoms with van der Waals surface area (Å²) in [5.41, 5.74) is -2.39. The van der Waals surface area contributed by atoms with Gasteiger partial charge in [-0.25, -0.2) is 4.79 Å². The zero-order valence-electron chi connectivity index (χ0n) is 11.1. The first-order chi connectivity index (χ1) is 9.75. The molecule has 0 aliphatic heterocycles. The predicted octanol–water partition coefficient (Wildman–Crippen LogP) is 3.13. The molecule has 0 bridgehead atoms. The molecular formula is C14H12F3NO3. The van der Waals surface area contributed by atoms with Crippen LogP contribution in [0.25, 0.3) is 10.9 Å². The third-order valence-electron chi connectivity index (χ3n) is 3.08. The second kappa shape index (κ2) is 5.23. The number of rotatable bonds is 3. The summed E-state index contributed by atoms with van der Waals surface area (Å²) < 4.78 is 40.6. The average molecular weight is 299 g/mol. The van der Waals surface area contributed by atoms with Crippen LogP contribution in [0.1, 0.15) is 29.3 Å². The van der Waals surface area contributed by atoms with Gasteiger partial charge in [0.2, 0.25) is 0 Å². The molecule has 0 amide bonds. The minimum atomic E-state index is -4.74. The number of fused-ring (bicyclic) bond motifs is 1. The lowest BCUT2D eigenvalue weighted by molar-refractivity contribution is -0.136. The molecule has 1 aromatic carbocycles. The number of nitrogens with zero attached hydrogens (tertiary/aromatic N) is 1. The van der Waals surface area contributed by atoms with E-state index in [4.69, 9.17) is 5.11 Å². The van der Waals surface area contributed by atoms with Crippen LogP contribution in [0.3, 0.4) is 0 Å². The van der Waals surface area contributed by atoms with Gasteiger partial charge in [0.15, 0.2) is 0 Å². The first-order valence-corrected chi connectivity index (χ1v) is 6.23. The van der Waals surface area contributed by atoms with Crippen molar-refractivity contribution in [3.63, 3.8) is 0 Å². The van der Waals surface area contributed by atoms with E-state index in [-0.39, 0.29) is 17.4 Å². The minimum absolute atomic E-state index is 0.0790. The highest BCUT2D eigenvalue weighted by Gasteiger charge is 2.35. The summed E-state index contributed by atoms with van der Waals surface area (Å²) in [6, 6.07) is 4.06. The molecular weight excluding hydrogens is 287 g/mol. The lowest BCUT2D eigenvalue weighted by atomic mass is 10.0. The number of aryl methyl sites for hydroxylation is 1. The van der Waals surface area contributed by atoms with Crippen LogP contribution in [0.15, 0.2) is 29.1 Å². The highest BCUT2D eigenvalue weighted by molar-refractivity contribution is 5.95. The number of pyridine rings is 1. The van der Waals surface area contributed by atoms with E-state index in [0.717, 1.165) is 16.7 Å². The summed E-state index contributed by atoms with van der Waals surface area (Å²) in [5.74, 6) is -1.45. The van der Waals surface area contributed by atoms with Crippen molar-refractivity contribution in [3.8, 4) is 0 Å². The number of carboxylic acids is 1. The number of carboxylic acid groups (broad SMARTS) is 1. The molecule has 0 aliphatic carbocycles. The molecule has 2 aromatic rings. The molecule has 1 aromatic heterocycles. The molecule has 0 fully saturated rings. The van der Waals surface area contributed by atoms with Crippen molar-refractivity contribution in [2.45, 2.75) is 26.1 Å². The number of aromatic nitrogens is 1. The van der Waals surface area contributed by atoms with Crippen molar-refractivity contribution in [2.24, 2.45) is 0 Å². The number of hydrogen-bond donors (Lipinski definition) is 1. The Balaban J connectivity index is 2.96.